The minimum absolute atomic E-state index is 0.0946. The molecule has 62 heavy (non-hydrogen) atoms. The van der Waals surface area contributed by atoms with E-state index < -0.39 is 20.2 Å². The number of unbranched alkanes of at least 4 members (excludes halogenated alkanes) is 2. The molecular weight excluding hydrogens is 953 g/mol. The zero-order valence-corrected chi connectivity index (χ0v) is 39.6. The van der Waals surface area contributed by atoms with Gasteiger partial charge in [-0.3, -0.25) is 9.11 Å². The van der Waals surface area contributed by atoms with Crippen LogP contribution in [0.2, 0.25) is 20.1 Å². The van der Waals surface area contributed by atoms with Crippen molar-refractivity contribution in [1.82, 2.24) is 24.5 Å². The Morgan fingerprint density at radius 3 is 1.47 bits per heavy atom. The number of aryl methyl sites for hydroxylation is 2. The van der Waals surface area contributed by atoms with Gasteiger partial charge in [0.1, 0.15) is 8.42 Å². The summed E-state index contributed by atoms with van der Waals surface area (Å²) in [6.45, 7) is 1.79. The van der Waals surface area contributed by atoms with Crippen LogP contribution < -0.4 is 0 Å². The lowest BCUT2D eigenvalue weighted by molar-refractivity contribution is 0.327. The third-order valence-electron chi connectivity index (χ3n) is 10.9. The van der Waals surface area contributed by atoms with Crippen LogP contribution in [0.1, 0.15) is 72.2 Å². The third kappa shape index (κ3) is 9.69. The largest absolute Gasteiger partial charge is 0.306 e. The standard InChI is InChI=1S/C43H41Cl4N5O6S4/c1-50(20-6-2-4-14-34-30-12-8-10-26-22-38(61(53,54)55)59-42(26)40(30)51(48-34)36-18-16-28(44)24-32(36)46)21-7-3-5-15-35-31-13-9-11-27-23-39(62(56,57)58)60-43(27)41(31)52(49-35)37-19-17-29(45)25-33(37)47/h4-5,14-19,22-25H,2-3,6-13,20-21H2,1H3,(H,53,54,55)(H,56,57,58)/b14-4+,15-5+. The molecule has 11 nitrogen and oxygen atoms in total. The van der Waals surface area contributed by atoms with Crippen molar-refractivity contribution in [2.75, 3.05) is 20.1 Å². The molecule has 0 aliphatic heterocycles. The van der Waals surface area contributed by atoms with E-state index in [1.807, 2.05) is 12.2 Å². The Hall–Kier alpha value is -3.32. The van der Waals surface area contributed by atoms with Gasteiger partial charge in [-0.2, -0.15) is 27.0 Å². The summed E-state index contributed by atoms with van der Waals surface area (Å²) < 4.78 is 71.5. The van der Waals surface area contributed by atoms with Gasteiger partial charge in [0.2, 0.25) is 0 Å². The molecule has 0 radical (unpaired) electrons. The van der Waals surface area contributed by atoms with Gasteiger partial charge >= 0.3 is 20.2 Å². The van der Waals surface area contributed by atoms with Crippen LogP contribution in [-0.4, -0.2) is 70.5 Å². The molecule has 0 amide bonds. The zero-order valence-electron chi connectivity index (χ0n) is 33.3. The lowest BCUT2D eigenvalue weighted by Gasteiger charge is -2.15. The highest BCUT2D eigenvalue weighted by Crippen LogP contribution is 2.45. The molecule has 0 unspecified atom stereocenters. The predicted octanol–water partition coefficient (Wildman–Crippen LogP) is 11.8. The average Bonchev–Trinajstić information content (AvgIpc) is 3.94. The Morgan fingerprint density at radius 2 is 1.08 bits per heavy atom. The van der Waals surface area contributed by atoms with Crippen LogP contribution in [0.5, 0.6) is 0 Å². The predicted molar refractivity (Wildman–Crippen MR) is 252 cm³/mol. The second-order valence-electron chi connectivity index (χ2n) is 15.3. The summed E-state index contributed by atoms with van der Waals surface area (Å²) in [5.41, 5.74) is 8.07. The summed E-state index contributed by atoms with van der Waals surface area (Å²) in [6, 6.07) is 13.5. The molecule has 0 fully saturated rings. The van der Waals surface area contributed by atoms with E-state index in [0.717, 1.165) is 142 Å². The Balaban J connectivity index is 0.923. The van der Waals surface area contributed by atoms with Crippen LogP contribution in [0.15, 0.2) is 69.1 Å². The second-order valence-corrected chi connectivity index (χ2v) is 22.4. The molecule has 19 heteroatoms. The molecule has 0 saturated heterocycles. The van der Waals surface area contributed by atoms with Crippen LogP contribution in [0.4, 0.5) is 0 Å². The molecule has 4 aromatic heterocycles. The van der Waals surface area contributed by atoms with E-state index in [4.69, 9.17) is 56.6 Å². The number of thiophene rings is 2. The van der Waals surface area contributed by atoms with E-state index in [1.165, 1.54) is 0 Å². The second kappa shape index (κ2) is 18.6. The number of nitrogens with zero attached hydrogens (tertiary/aromatic N) is 5. The topological polar surface area (TPSA) is 148 Å². The molecule has 0 atom stereocenters. The maximum atomic E-state index is 12.1. The average molecular weight is 994 g/mol. The van der Waals surface area contributed by atoms with E-state index in [2.05, 4.69) is 24.1 Å². The molecule has 2 N–H and O–H groups in total. The van der Waals surface area contributed by atoms with Crippen LogP contribution in [0.3, 0.4) is 0 Å². The number of aromatic nitrogens is 4. The highest BCUT2D eigenvalue weighted by Gasteiger charge is 2.30. The van der Waals surface area contributed by atoms with Gasteiger partial charge in [0, 0.05) is 21.2 Å². The number of halogens is 4. The molecule has 2 aromatic carbocycles. The molecule has 0 spiro atoms. The van der Waals surface area contributed by atoms with Gasteiger partial charge in [0.25, 0.3) is 0 Å². The summed E-state index contributed by atoms with van der Waals surface area (Å²) in [5, 5.41) is 11.8. The summed E-state index contributed by atoms with van der Waals surface area (Å²) in [6.07, 6.45) is 16.2. The molecule has 8 rings (SSSR count). The SMILES string of the molecule is CN(CCC/C=C/c1nn(-c2ccc(Cl)cc2Cl)c2c1CCCc1cc(S(=O)(=O)O)sc1-2)CCC/C=C/c1nn(-c2ccc(Cl)cc2Cl)c2c1CCCc1cc(S(=O)(=O)O)sc1-2. The van der Waals surface area contributed by atoms with Crippen LogP contribution in [-0.2, 0) is 45.9 Å². The van der Waals surface area contributed by atoms with Crippen LogP contribution >= 0.6 is 69.1 Å². The quantitative estimate of drug-likeness (QED) is 0.0804. The fraction of sp³-hybridized carbons (Fsp3) is 0.302. The Kier molecular flexibility index (Phi) is 13.6. The van der Waals surface area contributed by atoms with Crippen LogP contribution in [0.25, 0.3) is 44.7 Å². The molecule has 326 valence electrons. The van der Waals surface area contributed by atoms with Crippen molar-refractivity contribution in [3.8, 4) is 32.5 Å². The number of allylic oxidation sites excluding steroid dienone is 2. The zero-order chi connectivity index (χ0) is 43.9. The minimum atomic E-state index is -4.38. The van der Waals surface area contributed by atoms with Crippen molar-refractivity contribution in [3.05, 3.63) is 114 Å². The molecular formula is C43H41Cl4N5O6S4. The first kappa shape index (κ1) is 45.3. The van der Waals surface area contributed by atoms with Gasteiger partial charge in [0.15, 0.2) is 0 Å². The Labute approximate surface area is 388 Å². The van der Waals surface area contributed by atoms with Crippen molar-refractivity contribution < 1.29 is 25.9 Å². The van der Waals surface area contributed by atoms with Crippen LogP contribution in [0, 0.1) is 0 Å². The highest BCUT2D eigenvalue weighted by molar-refractivity contribution is 7.88. The van der Waals surface area contributed by atoms with Gasteiger partial charge < -0.3 is 4.90 Å². The summed E-state index contributed by atoms with van der Waals surface area (Å²) in [7, 11) is -6.64. The number of hydrogen-bond donors (Lipinski definition) is 2. The lowest BCUT2D eigenvalue weighted by Crippen LogP contribution is -2.20. The molecule has 2 aliphatic rings. The van der Waals surface area contributed by atoms with Crippen molar-refractivity contribution in [2.24, 2.45) is 0 Å². The van der Waals surface area contributed by atoms with Gasteiger partial charge in [0.05, 0.1) is 54.0 Å². The van der Waals surface area contributed by atoms with E-state index in [0.29, 0.717) is 44.3 Å². The van der Waals surface area contributed by atoms with Gasteiger partial charge in [-0.25, -0.2) is 9.36 Å². The molecule has 0 saturated carbocycles. The maximum absolute atomic E-state index is 12.1. The van der Waals surface area contributed by atoms with Gasteiger partial charge in [-0.1, -0.05) is 58.6 Å². The normalized spacial score (nSPS) is 14.3. The van der Waals surface area contributed by atoms with E-state index >= 15 is 0 Å². The number of hydrogen-bond acceptors (Lipinski definition) is 9. The Morgan fingerprint density at radius 1 is 0.661 bits per heavy atom. The summed E-state index contributed by atoms with van der Waals surface area (Å²) >= 11 is 27.9. The molecule has 0 bridgehead atoms. The molecule has 2 aliphatic carbocycles. The molecule has 6 aromatic rings. The third-order valence-corrected chi connectivity index (χ3v) is 17.0. The van der Waals surface area contributed by atoms with E-state index in [9.17, 15) is 25.9 Å². The van der Waals surface area contributed by atoms with Crippen molar-refractivity contribution in [1.29, 1.82) is 0 Å². The van der Waals surface area contributed by atoms with E-state index in [1.54, 1.807) is 57.9 Å². The van der Waals surface area contributed by atoms with E-state index in [-0.39, 0.29) is 8.42 Å². The first-order chi connectivity index (χ1) is 29.6. The summed E-state index contributed by atoms with van der Waals surface area (Å²) in [5.74, 6) is 0. The van der Waals surface area contributed by atoms with Crippen molar-refractivity contribution >= 4 is 101 Å². The first-order valence-electron chi connectivity index (χ1n) is 19.9. The minimum Gasteiger partial charge on any atom is -0.306 e. The smallest absolute Gasteiger partial charge is 0.304 e. The summed E-state index contributed by atoms with van der Waals surface area (Å²) in [4.78, 5) is 3.81. The highest BCUT2D eigenvalue weighted by atomic mass is 35.5. The number of benzene rings is 2. The first-order valence-corrected chi connectivity index (χ1v) is 26.0. The monoisotopic (exact) mass is 991 g/mol. The number of fused-ring (bicyclic) bond motifs is 6. The van der Waals surface area contributed by atoms with Crippen molar-refractivity contribution in [3.63, 3.8) is 0 Å². The van der Waals surface area contributed by atoms with Gasteiger partial charge in [-0.15, -0.1) is 22.7 Å². The maximum Gasteiger partial charge on any atom is 0.304 e. The van der Waals surface area contributed by atoms with Gasteiger partial charge in [-0.05, 0) is 156 Å². The number of rotatable bonds is 14. The fourth-order valence-corrected chi connectivity index (χ4v) is 12.9. The lowest BCUT2D eigenvalue weighted by atomic mass is 10.1. The van der Waals surface area contributed by atoms with Crippen molar-refractivity contribution in [2.45, 2.75) is 72.6 Å². The molecule has 4 heterocycles. The Bertz CT molecular complexity index is 2770. The fourth-order valence-electron chi connectivity index (χ4n) is 8.02.